The van der Waals surface area contributed by atoms with E-state index >= 15 is 0 Å². The van der Waals surface area contributed by atoms with E-state index in [-0.39, 0.29) is 6.10 Å². The Morgan fingerprint density at radius 1 is 1.24 bits per heavy atom. The van der Waals surface area contributed by atoms with Gasteiger partial charge in [-0.05, 0) is 68.7 Å². The van der Waals surface area contributed by atoms with Gasteiger partial charge < -0.3 is 19.5 Å². The number of hydrogen-bond acceptors (Lipinski definition) is 5. The van der Waals surface area contributed by atoms with Crippen molar-refractivity contribution in [3.05, 3.63) is 58.6 Å². The Morgan fingerprint density at radius 2 is 2.00 bits per heavy atom. The molecule has 3 rings (SSSR count). The maximum atomic E-state index is 12.3. The molecule has 1 saturated heterocycles. The SMILES string of the molecule is Cc1ccc(Cl)cc1NC(=O)[C@H](C)OC(=O)c1ccc(OC[C@@H]2CCCO2)cc1. The Bertz CT molecular complexity index is 862. The zero-order chi connectivity index (χ0) is 20.8. The molecule has 6 nitrogen and oxygen atoms in total. The number of nitrogens with one attached hydrogen (secondary N) is 1. The van der Waals surface area contributed by atoms with Gasteiger partial charge in [-0.25, -0.2) is 4.79 Å². The molecule has 7 heteroatoms. The van der Waals surface area contributed by atoms with Gasteiger partial charge in [0.25, 0.3) is 5.91 Å². The summed E-state index contributed by atoms with van der Waals surface area (Å²) in [5.74, 6) is -0.361. The molecule has 1 heterocycles. The molecule has 1 amide bonds. The lowest BCUT2D eigenvalue weighted by Gasteiger charge is -2.15. The molecular formula is C22H24ClNO5. The number of benzene rings is 2. The van der Waals surface area contributed by atoms with Crippen LogP contribution in [0.1, 0.15) is 35.7 Å². The van der Waals surface area contributed by atoms with Gasteiger partial charge in [-0.3, -0.25) is 4.79 Å². The van der Waals surface area contributed by atoms with Crippen LogP contribution in [-0.2, 0) is 14.3 Å². The molecule has 0 aliphatic carbocycles. The minimum absolute atomic E-state index is 0.127. The molecule has 1 aliphatic rings. The summed E-state index contributed by atoms with van der Waals surface area (Å²) >= 11 is 5.96. The molecule has 0 unspecified atom stereocenters. The summed E-state index contributed by atoms with van der Waals surface area (Å²) in [7, 11) is 0. The van der Waals surface area contributed by atoms with E-state index < -0.39 is 18.0 Å². The zero-order valence-corrected chi connectivity index (χ0v) is 17.2. The average Bonchev–Trinajstić information content (AvgIpc) is 3.23. The van der Waals surface area contributed by atoms with E-state index in [9.17, 15) is 9.59 Å². The van der Waals surface area contributed by atoms with Gasteiger partial charge in [-0.1, -0.05) is 17.7 Å². The van der Waals surface area contributed by atoms with E-state index in [1.165, 1.54) is 6.92 Å². The smallest absolute Gasteiger partial charge is 0.338 e. The predicted molar refractivity (Wildman–Crippen MR) is 111 cm³/mol. The highest BCUT2D eigenvalue weighted by molar-refractivity contribution is 6.31. The van der Waals surface area contributed by atoms with E-state index in [2.05, 4.69) is 5.32 Å². The third-order valence-corrected chi connectivity index (χ3v) is 4.90. The number of carbonyl (C=O) groups excluding carboxylic acids is 2. The van der Waals surface area contributed by atoms with Crippen LogP contribution in [0.15, 0.2) is 42.5 Å². The van der Waals surface area contributed by atoms with Gasteiger partial charge in [0.1, 0.15) is 12.4 Å². The highest BCUT2D eigenvalue weighted by Crippen LogP contribution is 2.21. The summed E-state index contributed by atoms with van der Waals surface area (Å²) in [5, 5.41) is 3.24. The van der Waals surface area contributed by atoms with Crippen LogP contribution >= 0.6 is 11.6 Å². The number of hydrogen-bond donors (Lipinski definition) is 1. The van der Waals surface area contributed by atoms with Crippen LogP contribution in [0.3, 0.4) is 0 Å². The first kappa shape index (κ1) is 21.1. The fourth-order valence-corrected chi connectivity index (χ4v) is 3.07. The van der Waals surface area contributed by atoms with E-state index in [1.807, 2.05) is 6.92 Å². The molecular weight excluding hydrogens is 394 g/mol. The van der Waals surface area contributed by atoms with E-state index in [1.54, 1.807) is 42.5 Å². The number of amides is 1. The Morgan fingerprint density at radius 3 is 2.69 bits per heavy atom. The normalized spacial score (nSPS) is 16.9. The standard InChI is InChI=1S/C22H24ClNO5/c1-14-5-8-17(23)12-20(14)24-21(25)15(2)29-22(26)16-6-9-18(10-7-16)28-13-19-4-3-11-27-19/h5-10,12,15,19H,3-4,11,13H2,1-2H3,(H,24,25)/t15-,19-/m0/s1. The highest BCUT2D eigenvalue weighted by Gasteiger charge is 2.20. The topological polar surface area (TPSA) is 73.9 Å². The minimum atomic E-state index is -0.962. The van der Waals surface area contributed by atoms with E-state index in [4.69, 9.17) is 25.8 Å². The molecule has 0 radical (unpaired) electrons. The summed E-state index contributed by atoms with van der Waals surface area (Å²) in [5.41, 5.74) is 1.78. The van der Waals surface area contributed by atoms with Gasteiger partial charge in [0, 0.05) is 17.3 Å². The van der Waals surface area contributed by atoms with Crippen LogP contribution in [-0.4, -0.2) is 37.3 Å². The first-order valence-corrected chi connectivity index (χ1v) is 9.92. The van der Waals surface area contributed by atoms with Gasteiger partial charge in [-0.2, -0.15) is 0 Å². The van der Waals surface area contributed by atoms with E-state index in [0.29, 0.717) is 28.6 Å². The molecule has 1 N–H and O–H groups in total. The monoisotopic (exact) mass is 417 g/mol. The summed E-state index contributed by atoms with van der Waals surface area (Å²) in [4.78, 5) is 24.7. The number of esters is 1. The average molecular weight is 418 g/mol. The molecule has 0 spiro atoms. The lowest BCUT2D eigenvalue weighted by molar-refractivity contribution is -0.123. The van der Waals surface area contributed by atoms with Gasteiger partial charge in [0.2, 0.25) is 0 Å². The lowest BCUT2D eigenvalue weighted by atomic mass is 10.2. The molecule has 2 aromatic carbocycles. The first-order chi connectivity index (χ1) is 13.9. The molecule has 0 aromatic heterocycles. The minimum Gasteiger partial charge on any atom is -0.491 e. The van der Waals surface area contributed by atoms with Crippen molar-refractivity contribution >= 4 is 29.2 Å². The summed E-state index contributed by atoms with van der Waals surface area (Å²) in [6.45, 7) is 4.64. The quantitative estimate of drug-likeness (QED) is 0.676. The van der Waals surface area contributed by atoms with Gasteiger partial charge in [-0.15, -0.1) is 0 Å². The molecule has 2 aromatic rings. The van der Waals surface area contributed by atoms with Crippen molar-refractivity contribution in [3.8, 4) is 5.75 Å². The van der Waals surface area contributed by atoms with Crippen LogP contribution < -0.4 is 10.1 Å². The van der Waals surface area contributed by atoms with Crippen molar-refractivity contribution < 1.29 is 23.8 Å². The second-order valence-electron chi connectivity index (χ2n) is 6.97. The Labute approximate surface area is 175 Å². The van der Waals surface area contributed by atoms with Crippen LogP contribution in [0, 0.1) is 6.92 Å². The Kier molecular flexibility index (Phi) is 7.12. The number of anilines is 1. The first-order valence-electron chi connectivity index (χ1n) is 9.55. The molecule has 2 atom stereocenters. The number of carbonyl (C=O) groups is 2. The predicted octanol–water partition coefficient (Wildman–Crippen LogP) is 4.39. The van der Waals surface area contributed by atoms with E-state index in [0.717, 1.165) is 25.0 Å². The molecule has 1 fully saturated rings. The second kappa shape index (κ2) is 9.76. The largest absolute Gasteiger partial charge is 0.491 e. The van der Waals surface area contributed by atoms with Crippen LogP contribution in [0.25, 0.3) is 0 Å². The summed E-state index contributed by atoms with van der Waals surface area (Å²) in [6, 6.07) is 11.8. The van der Waals surface area contributed by atoms with Crippen molar-refractivity contribution in [3.63, 3.8) is 0 Å². The zero-order valence-electron chi connectivity index (χ0n) is 16.4. The Hall–Kier alpha value is -2.57. The second-order valence-corrected chi connectivity index (χ2v) is 7.40. The van der Waals surface area contributed by atoms with Crippen LogP contribution in [0.2, 0.25) is 5.02 Å². The summed E-state index contributed by atoms with van der Waals surface area (Å²) < 4.78 is 16.5. The third-order valence-electron chi connectivity index (χ3n) is 4.66. The van der Waals surface area contributed by atoms with Crippen molar-refractivity contribution in [1.82, 2.24) is 0 Å². The van der Waals surface area contributed by atoms with Crippen LogP contribution in [0.5, 0.6) is 5.75 Å². The number of ether oxygens (including phenoxy) is 3. The number of rotatable bonds is 7. The number of halogens is 1. The molecule has 0 bridgehead atoms. The van der Waals surface area contributed by atoms with Gasteiger partial charge >= 0.3 is 5.97 Å². The van der Waals surface area contributed by atoms with Crippen molar-refractivity contribution in [2.24, 2.45) is 0 Å². The number of aryl methyl sites for hydroxylation is 1. The van der Waals surface area contributed by atoms with Gasteiger partial charge in [0.05, 0.1) is 11.7 Å². The maximum absolute atomic E-state index is 12.3. The molecule has 154 valence electrons. The lowest BCUT2D eigenvalue weighted by Crippen LogP contribution is -2.30. The van der Waals surface area contributed by atoms with Crippen molar-refractivity contribution in [2.75, 3.05) is 18.5 Å². The molecule has 0 saturated carbocycles. The van der Waals surface area contributed by atoms with Crippen LogP contribution in [0.4, 0.5) is 5.69 Å². The third kappa shape index (κ3) is 5.95. The fourth-order valence-electron chi connectivity index (χ4n) is 2.90. The molecule has 29 heavy (non-hydrogen) atoms. The molecule has 1 aliphatic heterocycles. The van der Waals surface area contributed by atoms with Crippen molar-refractivity contribution in [2.45, 2.75) is 38.9 Å². The van der Waals surface area contributed by atoms with Gasteiger partial charge in [0.15, 0.2) is 6.10 Å². The fraction of sp³-hybridized carbons (Fsp3) is 0.364. The Balaban J connectivity index is 1.51. The summed E-state index contributed by atoms with van der Waals surface area (Å²) in [6.07, 6.45) is 1.22. The van der Waals surface area contributed by atoms with Crippen molar-refractivity contribution in [1.29, 1.82) is 0 Å². The maximum Gasteiger partial charge on any atom is 0.338 e. The highest BCUT2D eigenvalue weighted by atomic mass is 35.5.